The van der Waals surface area contributed by atoms with Crippen molar-refractivity contribution >= 4 is 40.5 Å². The van der Waals surface area contributed by atoms with Crippen LogP contribution in [0.5, 0.6) is 0 Å². The van der Waals surface area contributed by atoms with Crippen LogP contribution in [-0.4, -0.2) is 17.0 Å². The monoisotopic (exact) mass is 341 g/mol. The number of carbonyl (C=O) groups is 2. The first-order valence-electron chi connectivity index (χ1n) is 6.97. The first-order valence-corrected chi connectivity index (χ1v) is 7.78. The molecule has 0 radical (unpaired) electrons. The van der Waals surface area contributed by atoms with Gasteiger partial charge in [-0.05, 0) is 47.7 Å². The average molecular weight is 341 g/mol. The summed E-state index contributed by atoms with van der Waals surface area (Å²) in [6.07, 6.45) is 1.64. The number of hydrogen-bond donors (Lipinski definition) is 2. The fourth-order valence-corrected chi connectivity index (χ4v) is 2.91. The summed E-state index contributed by atoms with van der Waals surface area (Å²) in [5, 5.41) is 2.98. The van der Waals surface area contributed by atoms with Gasteiger partial charge < -0.3 is 11.1 Å². The number of benzene rings is 2. The van der Waals surface area contributed by atoms with E-state index in [0.29, 0.717) is 21.3 Å². The van der Waals surface area contributed by atoms with E-state index in [1.54, 1.807) is 42.5 Å². The van der Waals surface area contributed by atoms with Crippen LogP contribution in [0.1, 0.15) is 15.9 Å². The van der Waals surface area contributed by atoms with E-state index in [4.69, 9.17) is 5.73 Å². The van der Waals surface area contributed by atoms with Crippen LogP contribution >= 0.6 is 11.8 Å². The number of halogens is 1. The topological polar surface area (TPSA) is 84.6 Å². The molecule has 3 N–H and O–H groups in total. The number of nitrogens with one attached hydrogen (secondary N) is 1. The van der Waals surface area contributed by atoms with E-state index >= 15 is 0 Å². The summed E-state index contributed by atoms with van der Waals surface area (Å²) in [6, 6.07) is 12.4. The zero-order chi connectivity index (χ0) is 17.1. The normalized spacial score (nSPS) is 17.3. The Kier molecular flexibility index (Phi) is 4.43. The second-order valence-electron chi connectivity index (χ2n) is 4.91. The molecule has 0 atom stereocenters. The molecule has 1 aliphatic rings. The molecule has 1 aliphatic heterocycles. The Morgan fingerprint density at radius 2 is 1.88 bits per heavy atom. The summed E-state index contributed by atoms with van der Waals surface area (Å²) >= 11 is 1.14. The molecule has 0 aromatic heterocycles. The van der Waals surface area contributed by atoms with Crippen LogP contribution in [0.4, 0.5) is 10.1 Å². The van der Waals surface area contributed by atoms with Gasteiger partial charge in [0.15, 0.2) is 5.17 Å². The zero-order valence-electron chi connectivity index (χ0n) is 12.3. The van der Waals surface area contributed by atoms with Crippen molar-refractivity contribution < 1.29 is 14.0 Å². The predicted octanol–water partition coefficient (Wildman–Crippen LogP) is 2.82. The molecule has 0 spiro atoms. The van der Waals surface area contributed by atoms with Crippen molar-refractivity contribution in [2.24, 2.45) is 10.7 Å². The second-order valence-corrected chi connectivity index (χ2v) is 5.95. The lowest BCUT2D eigenvalue weighted by Gasteiger charge is -2.01. The minimum absolute atomic E-state index is 0.274. The van der Waals surface area contributed by atoms with E-state index in [9.17, 15) is 14.0 Å². The van der Waals surface area contributed by atoms with Crippen LogP contribution in [0, 0.1) is 5.82 Å². The van der Waals surface area contributed by atoms with Crippen molar-refractivity contribution in [3.63, 3.8) is 0 Å². The minimum Gasteiger partial charge on any atom is -0.366 e. The molecule has 120 valence electrons. The molecule has 2 aromatic carbocycles. The second kappa shape index (κ2) is 6.67. The maximum Gasteiger partial charge on any atom is 0.264 e. The first-order chi connectivity index (χ1) is 11.5. The van der Waals surface area contributed by atoms with Crippen molar-refractivity contribution in [2.45, 2.75) is 0 Å². The van der Waals surface area contributed by atoms with Crippen molar-refractivity contribution in [3.8, 4) is 0 Å². The summed E-state index contributed by atoms with van der Waals surface area (Å²) in [5.41, 5.74) is 6.67. The van der Waals surface area contributed by atoms with E-state index in [-0.39, 0.29) is 17.3 Å². The Balaban J connectivity index is 1.87. The fourth-order valence-electron chi connectivity index (χ4n) is 2.08. The van der Waals surface area contributed by atoms with Gasteiger partial charge in [0.25, 0.3) is 11.8 Å². The molecule has 24 heavy (non-hydrogen) atoms. The molecule has 2 aromatic rings. The molecule has 0 aliphatic carbocycles. The third kappa shape index (κ3) is 3.52. The largest absolute Gasteiger partial charge is 0.366 e. The zero-order valence-corrected chi connectivity index (χ0v) is 13.1. The summed E-state index contributed by atoms with van der Waals surface area (Å²) in [5.74, 6) is -1.24. The van der Waals surface area contributed by atoms with Gasteiger partial charge in [0.05, 0.1) is 16.2 Å². The number of para-hydroxylation sites is 1. The third-order valence-electron chi connectivity index (χ3n) is 3.21. The molecule has 5 nitrogen and oxygen atoms in total. The van der Waals surface area contributed by atoms with Gasteiger partial charge in [-0.2, -0.15) is 0 Å². The minimum atomic E-state index is -0.591. The summed E-state index contributed by atoms with van der Waals surface area (Å²) in [7, 11) is 0. The van der Waals surface area contributed by atoms with Crippen LogP contribution < -0.4 is 11.1 Å². The first kappa shape index (κ1) is 15.9. The van der Waals surface area contributed by atoms with Gasteiger partial charge in [-0.25, -0.2) is 9.38 Å². The SMILES string of the molecule is NC(=O)c1ccccc1N=C1NC(=O)/C(=C/c2ccc(F)cc2)S1. The number of primary amides is 1. The van der Waals surface area contributed by atoms with Crippen LogP contribution in [0.25, 0.3) is 6.08 Å². The average Bonchev–Trinajstić information content (AvgIpc) is 2.89. The van der Waals surface area contributed by atoms with E-state index in [1.807, 2.05) is 0 Å². The van der Waals surface area contributed by atoms with E-state index in [1.165, 1.54) is 12.1 Å². The van der Waals surface area contributed by atoms with Gasteiger partial charge >= 0.3 is 0 Å². The molecular formula is C17H12FN3O2S. The number of amidine groups is 1. The van der Waals surface area contributed by atoms with Gasteiger partial charge in [0, 0.05) is 0 Å². The van der Waals surface area contributed by atoms with Gasteiger partial charge in [0.1, 0.15) is 5.82 Å². The molecule has 7 heteroatoms. The molecule has 1 fully saturated rings. The van der Waals surface area contributed by atoms with E-state index in [0.717, 1.165) is 11.8 Å². The predicted molar refractivity (Wildman–Crippen MR) is 92.2 cm³/mol. The lowest BCUT2D eigenvalue weighted by molar-refractivity contribution is -0.115. The lowest BCUT2D eigenvalue weighted by Crippen LogP contribution is -2.19. The maximum atomic E-state index is 12.9. The van der Waals surface area contributed by atoms with E-state index in [2.05, 4.69) is 10.3 Å². The number of nitrogens with two attached hydrogens (primary N) is 1. The maximum absolute atomic E-state index is 12.9. The number of hydrogen-bond acceptors (Lipinski definition) is 4. The molecule has 0 bridgehead atoms. The van der Waals surface area contributed by atoms with Crippen molar-refractivity contribution in [1.82, 2.24) is 5.32 Å². The molecule has 0 saturated carbocycles. The van der Waals surface area contributed by atoms with Crippen LogP contribution in [-0.2, 0) is 4.79 Å². The van der Waals surface area contributed by atoms with Crippen LogP contribution in [0.3, 0.4) is 0 Å². The van der Waals surface area contributed by atoms with Crippen molar-refractivity contribution in [1.29, 1.82) is 0 Å². The van der Waals surface area contributed by atoms with Gasteiger partial charge in [-0.3, -0.25) is 9.59 Å². The Morgan fingerprint density at radius 3 is 2.58 bits per heavy atom. The standard InChI is InChI=1S/C17H12FN3O2S/c18-11-7-5-10(6-8-11)9-14-16(23)21-17(24-14)20-13-4-2-1-3-12(13)15(19)22/h1-9H,(H2,19,22)(H,20,21,23)/b14-9-. The summed E-state index contributed by atoms with van der Waals surface area (Å²) < 4.78 is 12.9. The number of thioether (sulfide) groups is 1. The van der Waals surface area contributed by atoms with Crippen molar-refractivity contribution in [3.05, 3.63) is 70.4 Å². The van der Waals surface area contributed by atoms with Crippen molar-refractivity contribution in [2.75, 3.05) is 0 Å². The highest BCUT2D eigenvalue weighted by molar-refractivity contribution is 8.18. The highest BCUT2D eigenvalue weighted by Crippen LogP contribution is 2.29. The van der Waals surface area contributed by atoms with E-state index < -0.39 is 5.91 Å². The smallest absolute Gasteiger partial charge is 0.264 e. The molecule has 1 saturated heterocycles. The molecule has 0 unspecified atom stereocenters. The third-order valence-corrected chi connectivity index (χ3v) is 4.12. The number of carbonyl (C=O) groups excluding carboxylic acids is 2. The molecule has 1 heterocycles. The van der Waals surface area contributed by atoms with Gasteiger partial charge in [-0.15, -0.1) is 0 Å². The molecule has 3 rings (SSSR count). The van der Waals surface area contributed by atoms with Crippen LogP contribution in [0.15, 0.2) is 58.4 Å². The van der Waals surface area contributed by atoms with Gasteiger partial charge in [-0.1, -0.05) is 24.3 Å². The highest BCUT2D eigenvalue weighted by Gasteiger charge is 2.24. The van der Waals surface area contributed by atoms with Gasteiger partial charge in [0.2, 0.25) is 0 Å². The summed E-state index contributed by atoms with van der Waals surface area (Å²) in [6.45, 7) is 0. The quantitative estimate of drug-likeness (QED) is 0.842. The number of amides is 2. The molecule has 2 amide bonds. The Bertz CT molecular complexity index is 876. The summed E-state index contributed by atoms with van der Waals surface area (Å²) in [4.78, 5) is 28.1. The number of nitrogens with zero attached hydrogens (tertiary/aromatic N) is 1. The highest BCUT2D eigenvalue weighted by atomic mass is 32.2. The van der Waals surface area contributed by atoms with Crippen LogP contribution in [0.2, 0.25) is 0 Å². The molecular weight excluding hydrogens is 329 g/mol. The lowest BCUT2D eigenvalue weighted by atomic mass is 10.2. The fraction of sp³-hybridized carbons (Fsp3) is 0. The number of aliphatic imine (C=N–C) groups is 1. The Morgan fingerprint density at radius 1 is 1.17 bits per heavy atom. The number of rotatable bonds is 3. The Labute approximate surface area is 141 Å². The Hall–Kier alpha value is -2.93.